The van der Waals surface area contributed by atoms with Crippen molar-refractivity contribution in [2.24, 2.45) is 29.6 Å². The number of anilines is 1. The van der Waals surface area contributed by atoms with E-state index in [9.17, 15) is 4.79 Å². The topological polar surface area (TPSA) is 83.2 Å². The van der Waals surface area contributed by atoms with Crippen molar-refractivity contribution in [3.63, 3.8) is 0 Å². The second-order valence-electron chi connectivity index (χ2n) is 9.63. The molecule has 0 radical (unpaired) electrons. The fourth-order valence-corrected chi connectivity index (χ4v) is 7.33. The van der Waals surface area contributed by atoms with Crippen molar-refractivity contribution in [3.05, 3.63) is 33.7 Å². The molecule has 6 rings (SSSR count). The number of halogens is 2. The molecule has 4 saturated carbocycles. The van der Waals surface area contributed by atoms with Crippen molar-refractivity contribution in [1.29, 1.82) is 0 Å². The number of thiazole rings is 1. The number of carbonyl (C=O) groups is 1. The first kappa shape index (κ1) is 25.2. The van der Waals surface area contributed by atoms with Crippen LogP contribution < -0.4 is 40.1 Å². The molecule has 3 N–H and O–H groups in total. The summed E-state index contributed by atoms with van der Waals surface area (Å²) in [5.74, 6) is 4.56. The summed E-state index contributed by atoms with van der Waals surface area (Å²) in [7, 11) is 0. The minimum atomic E-state index is 0. The zero-order valence-electron chi connectivity index (χ0n) is 18.7. The Morgan fingerprint density at radius 1 is 1.19 bits per heavy atom. The van der Waals surface area contributed by atoms with Crippen LogP contribution in [0.15, 0.2) is 11.7 Å². The third-order valence-electron chi connectivity index (χ3n) is 7.64. The highest BCUT2D eigenvalue weighted by Crippen LogP contribution is 2.56. The molecule has 6 nitrogen and oxygen atoms in total. The zero-order chi connectivity index (χ0) is 20.8. The Balaban J connectivity index is 0.00000144. The standard InChI is InChI=1S/C23H31N4O2S.2ClH/c1-13-20(30-12-27(13)11-19-10-25-14(2)26-22(19)24)3-4-29-23(28)21-17-6-15-5-16(8-17)9-18(21)7-15;;/h10,12,15-18,21H,3-9,11H2,1-2H3,(H2,24,25,26);2*1H/q+1;;/p-1. The van der Waals surface area contributed by atoms with E-state index in [-0.39, 0.29) is 36.7 Å². The highest BCUT2D eigenvalue weighted by Gasteiger charge is 2.51. The average Bonchev–Trinajstić information content (AvgIpc) is 3.03. The van der Waals surface area contributed by atoms with Gasteiger partial charge in [0.05, 0.1) is 17.4 Å². The third kappa shape index (κ3) is 4.90. The first-order valence-electron chi connectivity index (χ1n) is 11.2. The lowest BCUT2D eigenvalue weighted by atomic mass is 9.52. The minimum absolute atomic E-state index is 0. The number of rotatable bonds is 6. The lowest BCUT2D eigenvalue weighted by Gasteiger charge is -2.53. The summed E-state index contributed by atoms with van der Waals surface area (Å²) in [6, 6.07) is 0. The quantitative estimate of drug-likeness (QED) is 0.333. The number of nitrogens with one attached hydrogen (secondary N) is 1. The van der Waals surface area contributed by atoms with Crippen LogP contribution in [0.5, 0.6) is 0 Å². The van der Waals surface area contributed by atoms with Crippen molar-refractivity contribution < 1.29 is 43.9 Å². The van der Waals surface area contributed by atoms with Crippen molar-refractivity contribution in [2.75, 3.05) is 12.3 Å². The second-order valence-corrected chi connectivity index (χ2v) is 10.6. The van der Waals surface area contributed by atoms with Crippen molar-refractivity contribution in [3.8, 4) is 0 Å². The number of nitrogen functional groups attached to an aromatic ring is 1. The van der Waals surface area contributed by atoms with Crippen molar-refractivity contribution >= 4 is 23.1 Å². The predicted octanol–water partition coefficient (Wildman–Crippen LogP) is -3.34. The van der Waals surface area contributed by atoms with Gasteiger partial charge in [0.2, 0.25) is 5.51 Å². The number of hydrogen-bond donors (Lipinski definition) is 1. The van der Waals surface area contributed by atoms with Crippen LogP contribution in [-0.2, 0) is 22.5 Å². The number of nitrogens with zero attached hydrogens (tertiary/aromatic N) is 2. The molecule has 4 bridgehead atoms. The van der Waals surface area contributed by atoms with Gasteiger partial charge in [0.25, 0.3) is 11.6 Å². The van der Waals surface area contributed by atoms with Crippen molar-refractivity contribution in [1.82, 2.24) is 4.98 Å². The Hall–Kier alpha value is -1.44. The summed E-state index contributed by atoms with van der Waals surface area (Å²) in [4.78, 5) is 21.6. The Morgan fingerprint density at radius 3 is 2.47 bits per heavy atom. The molecule has 0 spiro atoms. The first-order chi connectivity index (χ1) is 14.5. The van der Waals surface area contributed by atoms with E-state index in [0.29, 0.717) is 30.8 Å². The summed E-state index contributed by atoms with van der Waals surface area (Å²) < 4.78 is 8.00. The number of ether oxygens (including phenoxy) is 1. The molecule has 0 unspecified atom stereocenters. The van der Waals surface area contributed by atoms with Gasteiger partial charge in [-0.1, -0.05) is 11.3 Å². The Labute approximate surface area is 206 Å². The van der Waals surface area contributed by atoms with E-state index >= 15 is 0 Å². The van der Waals surface area contributed by atoms with Crippen LogP contribution in [0.1, 0.15) is 54.1 Å². The summed E-state index contributed by atoms with van der Waals surface area (Å²) in [6.07, 6.45) is 9.13. The van der Waals surface area contributed by atoms with Gasteiger partial charge in [-0.15, -0.1) is 0 Å². The van der Waals surface area contributed by atoms with Crippen LogP contribution in [0.3, 0.4) is 0 Å². The van der Waals surface area contributed by atoms with Crippen LogP contribution in [0.2, 0.25) is 0 Å². The molecular formula is C23H32Cl2N4O2S. The Bertz CT molecular complexity index is 939. The van der Waals surface area contributed by atoms with E-state index in [0.717, 1.165) is 29.6 Å². The number of esters is 1. The number of aromatic amines is 1. The highest BCUT2D eigenvalue weighted by atomic mass is 35.5. The maximum Gasteiger partial charge on any atom is 0.309 e. The number of H-pyrrole nitrogens is 1. The van der Waals surface area contributed by atoms with Gasteiger partial charge in [-0.25, -0.2) is 4.98 Å². The van der Waals surface area contributed by atoms with Gasteiger partial charge in [0, 0.05) is 20.3 Å². The second kappa shape index (κ2) is 10.2. The largest absolute Gasteiger partial charge is 1.00 e. The minimum Gasteiger partial charge on any atom is -1.00 e. The smallest absolute Gasteiger partial charge is 0.309 e. The number of nitrogens with two attached hydrogens (primary N) is 1. The van der Waals surface area contributed by atoms with Crippen molar-refractivity contribution in [2.45, 2.75) is 58.9 Å². The van der Waals surface area contributed by atoms with Gasteiger partial charge < -0.3 is 35.3 Å². The van der Waals surface area contributed by atoms with E-state index in [1.165, 1.54) is 42.7 Å². The molecule has 32 heavy (non-hydrogen) atoms. The molecule has 0 saturated heterocycles. The van der Waals surface area contributed by atoms with Crippen LogP contribution in [0, 0.1) is 43.4 Å². The molecule has 0 amide bonds. The summed E-state index contributed by atoms with van der Waals surface area (Å²) >= 11 is 1.71. The molecule has 2 heterocycles. The third-order valence-corrected chi connectivity index (χ3v) is 8.79. The number of carbonyl (C=O) groups excluding carboxylic acids is 1. The van der Waals surface area contributed by atoms with Crippen LogP contribution in [0.25, 0.3) is 0 Å². The Morgan fingerprint density at radius 2 is 1.84 bits per heavy atom. The molecule has 2 aromatic heterocycles. The maximum atomic E-state index is 12.9. The molecule has 4 aliphatic carbocycles. The SMILES string of the molecule is Cc1nc(N)c(C[n+]2csc(CCOC(=O)C3C4CC5CC(C4)CC3C5)c2C)c[nH+]1.[Cl-].[Cl-]. The molecular weight excluding hydrogens is 467 g/mol. The lowest BCUT2D eigenvalue weighted by Crippen LogP contribution is -3.00. The fraction of sp³-hybridized carbons (Fsp3) is 0.652. The molecule has 4 fully saturated rings. The van der Waals surface area contributed by atoms with E-state index in [4.69, 9.17) is 10.5 Å². The van der Waals surface area contributed by atoms with E-state index in [1.807, 2.05) is 13.1 Å². The molecule has 176 valence electrons. The normalized spacial score (nSPS) is 27.5. The van der Waals surface area contributed by atoms with Gasteiger partial charge in [-0.05, 0) is 60.8 Å². The maximum absolute atomic E-state index is 12.9. The molecule has 0 atom stereocenters. The van der Waals surface area contributed by atoms with Gasteiger partial charge >= 0.3 is 5.97 Å². The summed E-state index contributed by atoms with van der Waals surface area (Å²) in [5.41, 5.74) is 10.4. The van der Waals surface area contributed by atoms with Gasteiger partial charge in [-0.2, -0.15) is 4.57 Å². The average molecular weight is 500 g/mol. The Kier molecular flexibility index (Phi) is 8.05. The molecule has 4 aliphatic rings. The van der Waals surface area contributed by atoms with Gasteiger partial charge in [0.1, 0.15) is 11.8 Å². The summed E-state index contributed by atoms with van der Waals surface area (Å²) in [6.45, 7) is 5.18. The fourth-order valence-electron chi connectivity index (χ4n) is 6.36. The van der Waals surface area contributed by atoms with Gasteiger partial charge in [0.15, 0.2) is 12.2 Å². The lowest BCUT2D eigenvalue weighted by molar-refractivity contribution is -0.690. The first-order valence-corrected chi connectivity index (χ1v) is 12.1. The van der Waals surface area contributed by atoms with Crippen LogP contribution >= 0.6 is 11.3 Å². The number of aromatic nitrogens is 3. The van der Waals surface area contributed by atoms with Gasteiger partial charge in [-0.3, -0.25) is 4.79 Å². The monoisotopic (exact) mass is 498 g/mol. The van der Waals surface area contributed by atoms with E-state index in [1.54, 1.807) is 11.3 Å². The number of hydrogen-bond acceptors (Lipinski definition) is 5. The molecule has 9 heteroatoms. The van der Waals surface area contributed by atoms with Crippen LogP contribution in [0.4, 0.5) is 5.82 Å². The van der Waals surface area contributed by atoms with E-state index < -0.39 is 0 Å². The zero-order valence-corrected chi connectivity index (χ0v) is 21.0. The van der Waals surface area contributed by atoms with E-state index in [2.05, 4.69) is 27.0 Å². The molecule has 0 aromatic carbocycles. The van der Waals surface area contributed by atoms with Crippen LogP contribution in [-0.4, -0.2) is 17.6 Å². The highest BCUT2D eigenvalue weighted by molar-refractivity contribution is 7.09. The number of aryl methyl sites for hydroxylation is 1. The summed E-state index contributed by atoms with van der Waals surface area (Å²) in [5, 5.41) is 0. The molecule has 2 aromatic rings. The molecule has 0 aliphatic heterocycles. The predicted molar refractivity (Wildman–Crippen MR) is 113 cm³/mol.